The molecule has 0 aromatic carbocycles. The zero-order valence-electron chi connectivity index (χ0n) is 16.6. The van der Waals surface area contributed by atoms with Crippen LogP contribution in [0, 0.1) is 0 Å². The fourth-order valence-corrected chi connectivity index (χ4v) is 4.31. The quantitative estimate of drug-likeness (QED) is 0.583. The molecule has 31 heavy (non-hydrogen) atoms. The predicted octanol–water partition coefficient (Wildman–Crippen LogP) is 5.60. The molecule has 3 heterocycles. The summed E-state index contributed by atoms with van der Waals surface area (Å²) in [6.07, 6.45) is -7.47. The normalized spacial score (nSPS) is 18.3. The molecule has 12 heteroatoms. The molecule has 1 aliphatic rings. The summed E-state index contributed by atoms with van der Waals surface area (Å²) >= 11 is 0.851. The van der Waals surface area contributed by atoms with Crippen molar-refractivity contribution in [3.63, 3.8) is 0 Å². The lowest BCUT2D eigenvalue weighted by Crippen LogP contribution is -2.35. The number of amides is 1. The van der Waals surface area contributed by atoms with Crippen LogP contribution in [0.3, 0.4) is 0 Å². The molecule has 1 aliphatic heterocycles. The molecule has 0 unspecified atom stereocenters. The van der Waals surface area contributed by atoms with Crippen molar-refractivity contribution in [1.29, 1.82) is 0 Å². The van der Waals surface area contributed by atoms with Gasteiger partial charge >= 0.3 is 12.4 Å². The number of carbonyl (C=O) groups excluding carboxylic acids is 1. The maximum Gasteiger partial charge on any atom is 0.417 e. The van der Waals surface area contributed by atoms with E-state index in [4.69, 9.17) is 0 Å². The first-order valence-corrected chi connectivity index (χ1v) is 10.5. The van der Waals surface area contributed by atoms with Gasteiger partial charge in [0.05, 0.1) is 16.0 Å². The van der Waals surface area contributed by atoms with Crippen LogP contribution in [0.15, 0.2) is 17.8 Å². The van der Waals surface area contributed by atoms with E-state index in [0.717, 1.165) is 30.4 Å². The number of hydrogen-bond donors (Lipinski definition) is 1. The second-order valence-electron chi connectivity index (χ2n) is 7.28. The van der Waals surface area contributed by atoms with Crippen LogP contribution >= 0.6 is 11.3 Å². The van der Waals surface area contributed by atoms with Gasteiger partial charge in [0.15, 0.2) is 0 Å². The first-order valence-electron chi connectivity index (χ1n) is 9.58. The van der Waals surface area contributed by atoms with E-state index in [2.05, 4.69) is 9.97 Å². The average molecular weight is 466 g/mol. The van der Waals surface area contributed by atoms with Gasteiger partial charge in [-0.1, -0.05) is 6.92 Å². The van der Waals surface area contributed by atoms with Gasteiger partial charge in [-0.3, -0.25) is 4.79 Å². The van der Waals surface area contributed by atoms with Crippen molar-refractivity contribution >= 4 is 23.1 Å². The summed E-state index contributed by atoms with van der Waals surface area (Å²) in [7, 11) is 0. The number of likely N-dealkylation sites (tertiary alicyclic amines) is 1. The van der Waals surface area contributed by atoms with Gasteiger partial charge in [0, 0.05) is 24.3 Å². The topological polar surface area (TPSA) is 58.1 Å². The first-order chi connectivity index (χ1) is 14.4. The van der Waals surface area contributed by atoms with Crippen LogP contribution in [-0.2, 0) is 6.18 Å². The van der Waals surface area contributed by atoms with E-state index in [1.54, 1.807) is 4.90 Å². The number of rotatable bonds is 5. The molecule has 1 fully saturated rings. The molecule has 0 aliphatic carbocycles. The molecule has 0 spiro atoms. The van der Waals surface area contributed by atoms with Gasteiger partial charge in [0.2, 0.25) is 0 Å². The van der Waals surface area contributed by atoms with Crippen LogP contribution in [0.5, 0.6) is 0 Å². The first kappa shape index (κ1) is 23.3. The van der Waals surface area contributed by atoms with Crippen molar-refractivity contribution < 1.29 is 31.1 Å². The molecule has 5 nitrogen and oxygen atoms in total. The standard InChI is InChI=1S/C19H20F6N4OS/c1-3-13(19(23,24)25)28-14-7-12(18(20,21)22)11(8-26-14)16-15(27-9-31-16)17(30)29-6-4-5-10(29)2/h7-10,13H,3-6H2,1-2H3,(H,26,28)/t10-,13-/m0/s1. The van der Waals surface area contributed by atoms with Crippen molar-refractivity contribution in [2.24, 2.45) is 0 Å². The summed E-state index contributed by atoms with van der Waals surface area (Å²) in [5.74, 6) is -1.02. The Kier molecular flexibility index (Phi) is 6.49. The molecule has 0 bridgehead atoms. The fourth-order valence-electron chi connectivity index (χ4n) is 3.50. The number of aromatic nitrogens is 2. The summed E-state index contributed by atoms with van der Waals surface area (Å²) in [4.78, 5) is 22.2. The van der Waals surface area contributed by atoms with E-state index in [0.29, 0.717) is 12.6 Å². The van der Waals surface area contributed by atoms with Crippen molar-refractivity contribution in [3.8, 4) is 10.4 Å². The van der Waals surface area contributed by atoms with Gasteiger partial charge in [0.1, 0.15) is 17.6 Å². The van der Waals surface area contributed by atoms with E-state index >= 15 is 0 Å². The third-order valence-corrected chi connectivity index (χ3v) is 6.02. The van der Waals surface area contributed by atoms with Gasteiger partial charge in [0.25, 0.3) is 5.91 Å². The van der Waals surface area contributed by atoms with Crippen LogP contribution in [0.2, 0.25) is 0 Å². The van der Waals surface area contributed by atoms with E-state index < -0.39 is 41.2 Å². The Morgan fingerprint density at radius 2 is 2.00 bits per heavy atom. The second-order valence-corrected chi connectivity index (χ2v) is 8.13. The minimum Gasteiger partial charge on any atom is -0.359 e. The largest absolute Gasteiger partial charge is 0.417 e. The van der Waals surface area contributed by atoms with Crippen LogP contribution in [0.25, 0.3) is 10.4 Å². The molecule has 1 saturated heterocycles. The summed E-state index contributed by atoms with van der Waals surface area (Å²) in [5, 5.41) is 2.02. The van der Waals surface area contributed by atoms with Crippen molar-refractivity contribution in [1.82, 2.24) is 14.9 Å². The molecule has 3 rings (SSSR count). The Labute approximate surface area is 178 Å². The van der Waals surface area contributed by atoms with Crippen LogP contribution in [0.4, 0.5) is 32.2 Å². The number of nitrogens with zero attached hydrogens (tertiary/aromatic N) is 3. The van der Waals surface area contributed by atoms with Crippen molar-refractivity contribution in [2.45, 2.75) is 57.5 Å². The second kappa shape index (κ2) is 8.64. The van der Waals surface area contributed by atoms with Gasteiger partial charge in [-0.25, -0.2) is 9.97 Å². The Balaban J connectivity index is 2.01. The molecule has 2 aromatic heterocycles. The minimum atomic E-state index is -4.88. The molecule has 170 valence electrons. The molecule has 1 N–H and O–H groups in total. The number of alkyl halides is 6. The maximum absolute atomic E-state index is 13.8. The van der Waals surface area contributed by atoms with Gasteiger partial charge in [-0.05, 0) is 32.3 Å². The highest BCUT2D eigenvalue weighted by Crippen LogP contribution is 2.41. The Morgan fingerprint density at radius 1 is 1.29 bits per heavy atom. The monoisotopic (exact) mass is 466 g/mol. The fraction of sp³-hybridized carbons (Fsp3) is 0.526. The molecular formula is C19H20F6N4OS. The third kappa shape index (κ3) is 4.94. The van der Waals surface area contributed by atoms with Crippen LogP contribution in [0.1, 0.15) is 49.2 Å². The minimum absolute atomic E-state index is 0.0154. The van der Waals surface area contributed by atoms with Gasteiger partial charge in [-0.15, -0.1) is 11.3 Å². The van der Waals surface area contributed by atoms with E-state index in [-0.39, 0.29) is 23.0 Å². The highest BCUT2D eigenvalue weighted by Gasteiger charge is 2.40. The average Bonchev–Trinajstić information content (AvgIpc) is 3.32. The molecule has 2 atom stereocenters. The summed E-state index contributed by atoms with van der Waals surface area (Å²) in [5.41, 5.74) is -0.425. The Bertz CT molecular complexity index is 942. The zero-order chi connectivity index (χ0) is 23.0. The van der Waals surface area contributed by atoms with Crippen molar-refractivity contribution in [2.75, 3.05) is 11.9 Å². The van der Waals surface area contributed by atoms with E-state index in [1.165, 1.54) is 12.4 Å². The van der Waals surface area contributed by atoms with Crippen molar-refractivity contribution in [3.05, 3.63) is 29.0 Å². The summed E-state index contributed by atoms with van der Waals surface area (Å²) < 4.78 is 80.4. The Morgan fingerprint density at radius 3 is 2.55 bits per heavy atom. The number of hydrogen-bond acceptors (Lipinski definition) is 5. The SMILES string of the molecule is CC[C@H](Nc1cc(C(F)(F)F)c(-c2scnc2C(=O)N2CCC[C@@H]2C)cn1)C(F)(F)F. The highest BCUT2D eigenvalue weighted by atomic mass is 32.1. The number of anilines is 1. The molecule has 1 amide bonds. The smallest absolute Gasteiger partial charge is 0.359 e. The van der Waals surface area contributed by atoms with Gasteiger partial charge < -0.3 is 10.2 Å². The number of nitrogens with one attached hydrogen (secondary N) is 1. The number of halogens is 6. The third-order valence-electron chi connectivity index (χ3n) is 5.16. The summed E-state index contributed by atoms with van der Waals surface area (Å²) in [6, 6.07) is -1.55. The Hall–Kier alpha value is -2.37. The van der Waals surface area contributed by atoms with E-state index in [9.17, 15) is 31.1 Å². The molecular weight excluding hydrogens is 446 g/mol. The van der Waals surface area contributed by atoms with Crippen LogP contribution < -0.4 is 5.32 Å². The van der Waals surface area contributed by atoms with Crippen LogP contribution in [-0.4, -0.2) is 45.6 Å². The lowest BCUT2D eigenvalue weighted by Gasteiger charge is -2.22. The lowest BCUT2D eigenvalue weighted by molar-refractivity contribution is -0.142. The molecule has 2 aromatic rings. The highest BCUT2D eigenvalue weighted by molar-refractivity contribution is 7.13. The molecule has 0 saturated carbocycles. The number of pyridine rings is 1. The van der Waals surface area contributed by atoms with Gasteiger partial charge in [-0.2, -0.15) is 26.3 Å². The number of thiazole rings is 1. The zero-order valence-corrected chi connectivity index (χ0v) is 17.5. The number of carbonyl (C=O) groups is 1. The summed E-state index contributed by atoms with van der Waals surface area (Å²) in [6.45, 7) is 3.60. The lowest BCUT2D eigenvalue weighted by atomic mass is 10.1. The van der Waals surface area contributed by atoms with E-state index in [1.807, 2.05) is 12.2 Å². The predicted molar refractivity (Wildman–Crippen MR) is 104 cm³/mol. The maximum atomic E-state index is 13.8. The molecule has 0 radical (unpaired) electrons.